The first-order valence-electron chi connectivity index (χ1n) is 6.96. The summed E-state index contributed by atoms with van der Waals surface area (Å²) in [6.07, 6.45) is 4.67. The van der Waals surface area contributed by atoms with E-state index in [-0.39, 0.29) is 19.1 Å². The second kappa shape index (κ2) is 8.73. The summed E-state index contributed by atoms with van der Waals surface area (Å²) in [5, 5.41) is 0. The number of hydrogen-bond donors (Lipinski definition) is 0. The van der Waals surface area contributed by atoms with E-state index in [1.54, 1.807) is 13.8 Å². The highest BCUT2D eigenvalue weighted by atomic mass is 16.6. The Morgan fingerprint density at radius 2 is 1.58 bits per heavy atom. The van der Waals surface area contributed by atoms with E-state index in [9.17, 15) is 9.59 Å². The van der Waals surface area contributed by atoms with Gasteiger partial charge in [-0.3, -0.25) is 9.59 Å². The van der Waals surface area contributed by atoms with E-state index in [0.717, 1.165) is 0 Å². The summed E-state index contributed by atoms with van der Waals surface area (Å²) in [4.78, 5) is 24.7. The van der Waals surface area contributed by atoms with Gasteiger partial charge in [-0.2, -0.15) is 0 Å². The van der Waals surface area contributed by atoms with Gasteiger partial charge in [0.2, 0.25) is 0 Å². The van der Waals surface area contributed by atoms with Crippen LogP contribution in [0.2, 0.25) is 0 Å². The maximum Gasteiger partial charge on any atom is 0.324 e. The van der Waals surface area contributed by atoms with Gasteiger partial charge in [0.05, 0.1) is 13.2 Å². The average Bonchev–Trinajstić information content (AvgIpc) is 2.39. The molecule has 0 heterocycles. The standard InChI is InChI=1S/C15H26O4/c1-6-10-11-15(12(5)7-2,13(16)18-8-3)14(17)19-9-4/h6,10,12H,7-9,11H2,1-5H3. The van der Waals surface area contributed by atoms with Crippen molar-refractivity contribution in [3.63, 3.8) is 0 Å². The molecular weight excluding hydrogens is 244 g/mol. The van der Waals surface area contributed by atoms with Crippen molar-refractivity contribution in [2.75, 3.05) is 13.2 Å². The van der Waals surface area contributed by atoms with Gasteiger partial charge in [0.15, 0.2) is 5.41 Å². The minimum Gasteiger partial charge on any atom is -0.465 e. The van der Waals surface area contributed by atoms with Gasteiger partial charge in [0.1, 0.15) is 0 Å². The number of ether oxygens (including phenoxy) is 2. The van der Waals surface area contributed by atoms with Crippen LogP contribution in [0.3, 0.4) is 0 Å². The molecule has 0 rings (SSSR count). The molecule has 4 nitrogen and oxygen atoms in total. The molecule has 0 spiro atoms. The van der Waals surface area contributed by atoms with Crippen molar-refractivity contribution in [1.29, 1.82) is 0 Å². The number of carbonyl (C=O) groups is 2. The van der Waals surface area contributed by atoms with Crippen molar-refractivity contribution in [2.45, 2.75) is 47.5 Å². The van der Waals surface area contributed by atoms with Crippen molar-refractivity contribution in [2.24, 2.45) is 11.3 Å². The van der Waals surface area contributed by atoms with E-state index in [4.69, 9.17) is 9.47 Å². The van der Waals surface area contributed by atoms with Crippen LogP contribution in [0.4, 0.5) is 0 Å². The molecule has 0 bridgehead atoms. The summed E-state index contributed by atoms with van der Waals surface area (Å²) in [7, 11) is 0. The third kappa shape index (κ3) is 4.08. The van der Waals surface area contributed by atoms with Gasteiger partial charge in [-0.25, -0.2) is 0 Å². The Kier molecular flexibility index (Phi) is 8.12. The Hall–Kier alpha value is -1.32. The minimum atomic E-state index is -1.23. The highest BCUT2D eigenvalue weighted by Crippen LogP contribution is 2.37. The molecule has 0 aromatic carbocycles. The van der Waals surface area contributed by atoms with Crippen molar-refractivity contribution in [3.05, 3.63) is 12.2 Å². The fourth-order valence-corrected chi connectivity index (χ4v) is 2.03. The molecule has 1 unspecified atom stereocenters. The zero-order valence-corrected chi connectivity index (χ0v) is 12.7. The van der Waals surface area contributed by atoms with E-state index >= 15 is 0 Å². The smallest absolute Gasteiger partial charge is 0.324 e. The topological polar surface area (TPSA) is 52.6 Å². The summed E-state index contributed by atoms with van der Waals surface area (Å²) in [6, 6.07) is 0. The third-order valence-electron chi connectivity index (χ3n) is 3.41. The molecule has 0 aliphatic heterocycles. The average molecular weight is 270 g/mol. The molecule has 0 saturated carbocycles. The molecular formula is C15H26O4. The minimum absolute atomic E-state index is 0.137. The molecule has 0 N–H and O–H groups in total. The quantitative estimate of drug-likeness (QED) is 0.386. The van der Waals surface area contributed by atoms with Gasteiger partial charge < -0.3 is 9.47 Å². The van der Waals surface area contributed by atoms with Crippen LogP contribution in [0.1, 0.15) is 47.5 Å². The first-order chi connectivity index (χ1) is 9.00. The maximum atomic E-state index is 12.3. The first-order valence-corrected chi connectivity index (χ1v) is 6.96. The zero-order chi connectivity index (χ0) is 14.9. The van der Waals surface area contributed by atoms with Gasteiger partial charge in [-0.15, -0.1) is 0 Å². The summed E-state index contributed by atoms with van der Waals surface area (Å²) < 4.78 is 10.2. The van der Waals surface area contributed by atoms with Crippen LogP contribution in [0.25, 0.3) is 0 Å². The van der Waals surface area contributed by atoms with Crippen molar-refractivity contribution < 1.29 is 19.1 Å². The van der Waals surface area contributed by atoms with E-state index in [1.807, 2.05) is 32.9 Å². The molecule has 0 aromatic heterocycles. The Morgan fingerprint density at radius 1 is 1.11 bits per heavy atom. The van der Waals surface area contributed by atoms with E-state index in [1.165, 1.54) is 0 Å². The number of esters is 2. The molecule has 0 aliphatic carbocycles. The molecule has 1 atom stereocenters. The van der Waals surface area contributed by atoms with E-state index in [0.29, 0.717) is 12.8 Å². The van der Waals surface area contributed by atoms with Crippen LogP contribution in [0.5, 0.6) is 0 Å². The molecule has 0 radical (unpaired) electrons. The Bertz CT molecular complexity index is 302. The van der Waals surface area contributed by atoms with Gasteiger partial charge >= 0.3 is 11.9 Å². The maximum absolute atomic E-state index is 12.3. The summed E-state index contributed by atoms with van der Waals surface area (Å²) >= 11 is 0. The lowest BCUT2D eigenvalue weighted by Gasteiger charge is -2.33. The second-order valence-electron chi connectivity index (χ2n) is 4.49. The monoisotopic (exact) mass is 270 g/mol. The van der Waals surface area contributed by atoms with Crippen LogP contribution in [0.15, 0.2) is 12.2 Å². The predicted octanol–water partition coefficient (Wildman–Crippen LogP) is 3.11. The largest absolute Gasteiger partial charge is 0.465 e. The lowest BCUT2D eigenvalue weighted by molar-refractivity contribution is -0.176. The van der Waals surface area contributed by atoms with Crippen molar-refractivity contribution in [3.8, 4) is 0 Å². The third-order valence-corrected chi connectivity index (χ3v) is 3.41. The Morgan fingerprint density at radius 3 is 1.89 bits per heavy atom. The van der Waals surface area contributed by atoms with Crippen LogP contribution >= 0.6 is 0 Å². The lowest BCUT2D eigenvalue weighted by Crippen LogP contribution is -2.46. The van der Waals surface area contributed by atoms with Crippen LogP contribution in [-0.4, -0.2) is 25.2 Å². The van der Waals surface area contributed by atoms with Gasteiger partial charge in [-0.05, 0) is 33.1 Å². The van der Waals surface area contributed by atoms with Crippen LogP contribution in [-0.2, 0) is 19.1 Å². The summed E-state index contributed by atoms with van der Waals surface area (Å²) in [5.74, 6) is -1.11. The Labute approximate surface area is 116 Å². The van der Waals surface area contributed by atoms with Gasteiger partial charge in [0.25, 0.3) is 0 Å². The summed E-state index contributed by atoms with van der Waals surface area (Å²) in [6.45, 7) is 9.68. The number of carbonyl (C=O) groups excluding carboxylic acids is 2. The predicted molar refractivity (Wildman–Crippen MR) is 74.6 cm³/mol. The van der Waals surface area contributed by atoms with E-state index in [2.05, 4.69) is 0 Å². The molecule has 0 amide bonds. The van der Waals surface area contributed by atoms with Crippen LogP contribution < -0.4 is 0 Å². The molecule has 0 saturated heterocycles. The zero-order valence-electron chi connectivity index (χ0n) is 12.7. The molecule has 0 aliphatic rings. The highest BCUT2D eigenvalue weighted by Gasteiger charge is 2.51. The summed E-state index contributed by atoms with van der Waals surface area (Å²) in [5.41, 5.74) is -1.23. The fourth-order valence-electron chi connectivity index (χ4n) is 2.03. The SMILES string of the molecule is CC=CCC(C(=O)OCC)(C(=O)OCC)C(C)CC. The van der Waals surface area contributed by atoms with Crippen molar-refractivity contribution >= 4 is 11.9 Å². The van der Waals surface area contributed by atoms with Gasteiger partial charge in [0, 0.05) is 0 Å². The second-order valence-corrected chi connectivity index (χ2v) is 4.49. The number of hydrogen-bond acceptors (Lipinski definition) is 4. The van der Waals surface area contributed by atoms with E-state index < -0.39 is 17.4 Å². The van der Waals surface area contributed by atoms with Crippen LogP contribution in [0, 0.1) is 11.3 Å². The fraction of sp³-hybridized carbons (Fsp3) is 0.733. The number of rotatable bonds is 8. The lowest BCUT2D eigenvalue weighted by atomic mass is 9.72. The Balaban J connectivity index is 5.55. The first kappa shape index (κ1) is 17.7. The molecule has 0 aromatic rings. The molecule has 4 heteroatoms. The molecule has 0 fully saturated rings. The highest BCUT2D eigenvalue weighted by molar-refractivity contribution is 6.00. The normalized spacial score (nSPS) is 13.3. The van der Waals surface area contributed by atoms with Crippen molar-refractivity contribution in [1.82, 2.24) is 0 Å². The van der Waals surface area contributed by atoms with Gasteiger partial charge in [-0.1, -0.05) is 32.4 Å². The molecule has 19 heavy (non-hydrogen) atoms. The number of allylic oxidation sites excluding steroid dienone is 2. The molecule has 110 valence electrons.